The lowest BCUT2D eigenvalue weighted by molar-refractivity contribution is -0.148. The van der Waals surface area contributed by atoms with Crippen LogP contribution in [0.1, 0.15) is 118 Å². The lowest BCUT2D eigenvalue weighted by atomic mass is 9.99. The van der Waals surface area contributed by atoms with Crippen LogP contribution >= 0.6 is 0 Å². The molecule has 0 saturated carbocycles. The fraction of sp³-hybridized carbons (Fsp3) is 0.520. The van der Waals surface area contributed by atoms with Gasteiger partial charge < -0.3 is 74.3 Å². The van der Waals surface area contributed by atoms with Gasteiger partial charge in [-0.3, -0.25) is 57.5 Å². The van der Waals surface area contributed by atoms with Gasteiger partial charge in [0.1, 0.15) is 41.7 Å². The third-order valence-corrected chi connectivity index (χ3v) is 12.2. The van der Waals surface area contributed by atoms with Crippen LogP contribution in [-0.2, 0) is 47.9 Å². The van der Waals surface area contributed by atoms with E-state index in [4.69, 9.17) is 27.7 Å². The molecule has 0 unspecified atom stereocenters. The predicted octanol–water partition coefficient (Wildman–Crippen LogP) is -0.890. The smallest absolute Gasteiger partial charge is 0.305 e. The lowest BCUT2D eigenvalue weighted by Crippen LogP contribution is -2.60. The summed E-state index contributed by atoms with van der Waals surface area (Å²) in [6.45, 7) is 3.77. The molecule has 1 aliphatic heterocycles. The zero-order valence-corrected chi connectivity index (χ0v) is 42.9. The molecule has 26 heteroatoms. The summed E-state index contributed by atoms with van der Waals surface area (Å²) in [4.78, 5) is 156. The van der Waals surface area contributed by atoms with Crippen LogP contribution < -0.4 is 54.3 Å². The number of hydrogen-bond acceptors (Lipinski definition) is 14. The van der Waals surface area contributed by atoms with E-state index < -0.39 is 121 Å². The van der Waals surface area contributed by atoms with Crippen molar-refractivity contribution in [2.24, 2.45) is 28.9 Å². The Hall–Kier alpha value is -8.16. The van der Waals surface area contributed by atoms with E-state index in [0.29, 0.717) is 48.3 Å². The number of carbonyl (C=O) groups excluding carboxylic acids is 10. The van der Waals surface area contributed by atoms with Gasteiger partial charge in [0.2, 0.25) is 53.2 Å². The van der Waals surface area contributed by atoms with Crippen molar-refractivity contribution in [3.05, 3.63) is 59.7 Å². The molecule has 76 heavy (non-hydrogen) atoms. The number of rotatable bonds is 33. The lowest BCUT2D eigenvalue weighted by Gasteiger charge is -2.35. The molecule has 0 aromatic heterocycles. The molecular weight excluding hydrogens is 995 g/mol. The number of amides is 10. The first kappa shape index (κ1) is 62.1. The molecule has 416 valence electrons. The fourth-order valence-corrected chi connectivity index (χ4v) is 8.30. The summed E-state index contributed by atoms with van der Waals surface area (Å²) in [5.41, 5.74) is 22.5. The number of carboxylic acid groups (broad SMARTS) is 2. The van der Waals surface area contributed by atoms with Gasteiger partial charge in [-0.2, -0.15) is 0 Å². The largest absolute Gasteiger partial charge is 0.481 e. The number of carboxylic acids is 2. The van der Waals surface area contributed by atoms with Gasteiger partial charge in [0, 0.05) is 56.6 Å². The van der Waals surface area contributed by atoms with E-state index in [9.17, 15) is 67.7 Å². The number of hydrogen-bond donors (Lipinski definition) is 11. The van der Waals surface area contributed by atoms with Gasteiger partial charge in [-0.25, -0.2) is 0 Å². The van der Waals surface area contributed by atoms with Crippen molar-refractivity contribution in [3.63, 3.8) is 0 Å². The average Bonchev–Trinajstić information content (AvgIpc) is 3.81. The molecule has 0 radical (unpaired) electrons. The van der Waals surface area contributed by atoms with Gasteiger partial charge in [-0.1, -0.05) is 20.3 Å². The van der Waals surface area contributed by atoms with E-state index in [1.54, 1.807) is 50.2 Å². The number of nitrogens with two attached hydrogens (primary N) is 4. The van der Waals surface area contributed by atoms with Gasteiger partial charge in [0.05, 0.1) is 12.8 Å². The molecule has 1 heterocycles. The Kier molecular flexibility index (Phi) is 25.3. The van der Waals surface area contributed by atoms with Crippen molar-refractivity contribution in [2.45, 2.75) is 134 Å². The maximum Gasteiger partial charge on any atom is 0.305 e. The van der Waals surface area contributed by atoms with Crippen LogP contribution in [0, 0.1) is 5.92 Å². The Morgan fingerprint density at radius 1 is 0.684 bits per heavy atom. The Morgan fingerprint density at radius 3 is 1.79 bits per heavy atom. The van der Waals surface area contributed by atoms with Gasteiger partial charge in [0.15, 0.2) is 0 Å². The van der Waals surface area contributed by atoms with Crippen LogP contribution in [0.3, 0.4) is 0 Å². The Labute approximate surface area is 439 Å². The minimum atomic E-state index is -1.88. The normalized spacial score (nSPS) is 14.9. The van der Waals surface area contributed by atoms with Crippen molar-refractivity contribution >= 4 is 71.0 Å². The number of ether oxygens (including phenoxy) is 1. The molecule has 0 bridgehead atoms. The van der Waals surface area contributed by atoms with Crippen LogP contribution in [0.25, 0.3) is 0 Å². The number of carbonyl (C=O) groups is 12. The van der Waals surface area contributed by atoms with Gasteiger partial charge in [-0.05, 0) is 106 Å². The molecular formula is C50H71N11O15. The van der Waals surface area contributed by atoms with Crippen molar-refractivity contribution in [1.29, 1.82) is 0 Å². The third kappa shape index (κ3) is 21.0. The second-order valence-corrected chi connectivity index (χ2v) is 18.8. The topological polar surface area (TPSA) is 425 Å². The minimum Gasteiger partial charge on any atom is -0.481 e. The summed E-state index contributed by atoms with van der Waals surface area (Å²) < 4.78 is 5.73. The number of primary amides is 3. The zero-order valence-electron chi connectivity index (χ0n) is 42.9. The number of likely N-dealkylation sites (tertiary alicyclic amines) is 1. The first-order valence-electron chi connectivity index (χ1n) is 24.8. The van der Waals surface area contributed by atoms with E-state index in [1.165, 1.54) is 24.1 Å². The van der Waals surface area contributed by atoms with E-state index in [-0.39, 0.29) is 70.0 Å². The van der Waals surface area contributed by atoms with Gasteiger partial charge in [0.25, 0.3) is 5.91 Å². The maximum absolute atomic E-state index is 14.2. The summed E-state index contributed by atoms with van der Waals surface area (Å²) in [6, 6.07) is 4.25. The molecule has 26 nitrogen and oxygen atoms in total. The fourth-order valence-electron chi connectivity index (χ4n) is 8.30. The van der Waals surface area contributed by atoms with Gasteiger partial charge in [-0.15, -0.1) is 0 Å². The van der Waals surface area contributed by atoms with Crippen LogP contribution in [0.15, 0.2) is 48.5 Å². The highest BCUT2D eigenvalue weighted by Crippen LogP contribution is 2.25. The number of aliphatic carboxylic acids is 2. The van der Waals surface area contributed by atoms with E-state index in [1.807, 2.05) is 0 Å². The SMILES string of the molecule is CC(C)C[C@H](NC(=O)[C@H](CCN)NC(=O)[C@H](CC(=O)O)NC(=O)[C@H](CC(N)=O)NC(=O)CCCCCNC(=O)c1ccc(Oc2ccc(C(N)=O)cc2)cc1)C(=O)N(C)[C@@H](CCC(=O)O)C(=O)N1CCC[C@H]1CC(N)=O. The summed E-state index contributed by atoms with van der Waals surface area (Å²) in [7, 11) is 1.28. The monoisotopic (exact) mass is 1070 g/mol. The highest BCUT2D eigenvalue weighted by atomic mass is 16.5. The molecule has 15 N–H and O–H groups in total. The minimum absolute atomic E-state index is 0.00334. The number of likely N-dealkylation sites (N-methyl/N-ethyl adjacent to an activating group) is 1. The highest BCUT2D eigenvalue weighted by Gasteiger charge is 2.40. The average molecular weight is 1070 g/mol. The molecule has 3 rings (SSSR count). The third-order valence-electron chi connectivity index (χ3n) is 12.2. The molecule has 1 saturated heterocycles. The number of nitrogens with zero attached hydrogens (tertiary/aromatic N) is 2. The first-order valence-corrected chi connectivity index (χ1v) is 24.8. The molecule has 0 aliphatic carbocycles. The molecule has 6 atom stereocenters. The maximum atomic E-state index is 14.2. The molecule has 2 aromatic carbocycles. The first-order chi connectivity index (χ1) is 35.9. The quantitative estimate of drug-likeness (QED) is 0.0386. The van der Waals surface area contributed by atoms with Crippen molar-refractivity contribution in [3.8, 4) is 11.5 Å². The van der Waals surface area contributed by atoms with E-state index >= 15 is 0 Å². The van der Waals surface area contributed by atoms with Crippen LogP contribution in [0.5, 0.6) is 11.5 Å². The molecule has 2 aromatic rings. The standard InChI is InChI=1S/C50H71N11O15/c1-28(2)24-37(49(74)60(3)38(18-19-42(65)66)50(75)61-23-7-8-31(61)25-39(52)62)59-46(71)34(20-21-51)57-48(73)36(27-43(67)68)58-47(72)35(26-40(53)63)56-41(64)9-5-4-6-22-55-45(70)30-12-16-33(17-13-30)76-32-14-10-29(11-15-32)44(54)69/h10-17,28,31,34-38H,4-9,18-27,51H2,1-3H3,(H2,52,62)(H2,53,63)(H2,54,69)(H,55,70)(H,56,64)(H,57,73)(H,58,72)(H,59,71)(H,65,66)(H,67,68)/t31-,34-,35-,36-,37-,38-/m0/s1. The van der Waals surface area contributed by atoms with Crippen LogP contribution in [-0.4, -0.2) is 154 Å². The number of unbranched alkanes of at least 4 members (excludes halogenated alkanes) is 2. The molecule has 1 aliphatic rings. The Morgan fingerprint density at radius 2 is 1.25 bits per heavy atom. The molecule has 1 fully saturated rings. The van der Waals surface area contributed by atoms with Gasteiger partial charge >= 0.3 is 11.9 Å². The van der Waals surface area contributed by atoms with Crippen LogP contribution in [0.4, 0.5) is 0 Å². The van der Waals surface area contributed by atoms with Crippen molar-refractivity contribution in [1.82, 2.24) is 36.4 Å². The molecule has 0 spiro atoms. The highest BCUT2D eigenvalue weighted by molar-refractivity contribution is 5.99. The summed E-state index contributed by atoms with van der Waals surface area (Å²) in [5, 5.41) is 31.5. The van der Waals surface area contributed by atoms with Crippen molar-refractivity contribution in [2.75, 3.05) is 26.7 Å². The van der Waals surface area contributed by atoms with E-state index in [0.717, 1.165) is 4.90 Å². The number of nitrogens with one attached hydrogen (secondary N) is 5. The van der Waals surface area contributed by atoms with Crippen LogP contribution in [0.2, 0.25) is 0 Å². The Bertz CT molecular complexity index is 2400. The van der Waals surface area contributed by atoms with Crippen molar-refractivity contribution < 1.29 is 72.5 Å². The summed E-state index contributed by atoms with van der Waals surface area (Å²) in [6.07, 6.45) is -0.886. The second-order valence-electron chi connectivity index (χ2n) is 18.8. The second kappa shape index (κ2) is 30.9. The zero-order chi connectivity index (χ0) is 56.6. The summed E-state index contributed by atoms with van der Waals surface area (Å²) >= 11 is 0. The van der Waals surface area contributed by atoms with E-state index in [2.05, 4.69) is 26.6 Å². The molecule has 10 amide bonds. The summed E-state index contributed by atoms with van der Waals surface area (Å²) in [5.74, 6) is -10.1. The number of benzene rings is 2. The Balaban J connectivity index is 1.61. The predicted molar refractivity (Wildman–Crippen MR) is 271 cm³/mol.